The molecule has 0 atom stereocenters. The predicted octanol–water partition coefficient (Wildman–Crippen LogP) is 4.20. The topological polar surface area (TPSA) is 15.3 Å². The SMILES string of the molecule is CCC1CCC(N(C)CCC2(NC)CCCCC2)CC1. The van der Waals surface area contributed by atoms with Gasteiger partial charge in [0.05, 0.1) is 0 Å². The van der Waals surface area contributed by atoms with Crippen LogP contribution in [0.4, 0.5) is 0 Å². The lowest BCUT2D eigenvalue weighted by atomic mass is 9.79. The molecule has 2 heteroatoms. The zero-order valence-corrected chi connectivity index (χ0v) is 14.1. The van der Waals surface area contributed by atoms with Gasteiger partial charge in [-0.2, -0.15) is 0 Å². The van der Waals surface area contributed by atoms with Gasteiger partial charge in [-0.3, -0.25) is 0 Å². The maximum atomic E-state index is 3.67. The molecular formula is C18H36N2. The largest absolute Gasteiger partial charge is 0.314 e. The van der Waals surface area contributed by atoms with Gasteiger partial charge in [-0.05, 0) is 71.5 Å². The highest BCUT2D eigenvalue weighted by atomic mass is 15.1. The van der Waals surface area contributed by atoms with Crippen molar-refractivity contribution in [1.29, 1.82) is 0 Å². The van der Waals surface area contributed by atoms with E-state index in [0.29, 0.717) is 5.54 Å². The van der Waals surface area contributed by atoms with Crippen LogP contribution in [0.1, 0.15) is 77.6 Å². The molecule has 0 bridgehead atoms. The van der Waals surface area contributed by atoms with Crippen molar-refractivity contribution in [3.05, 3.63) is 0 Å². The fraction of sp³-hybridized carbons (Fsp3) is 1.00. The summed E-state index contributed by atoms with van der Waals surface area (Å²) in [6, 6.07) is 0.857. The van der Waals surface area contributed by atoms with E-state index in [1.165, 1.54) is 77.2 Å². The molecule has 0 saturated heterocycles. The number of hydrogen-bond donors (Lipinski definition) is 1. The summed E-state index contributed by atoms with van der Waals surface area (Å²) in [5, 5.41) is 3.67. The molecular weight excluding hydrogens is 244 g/mol. The van der Waals surface area contributed by atoms with E-state index in [1.807, 2.05) is 0 Å². The second-order valence-corrected chi connectivity index (χ2v) is 7.40. The number of nitrogens with one attached hydrogen (secondary N) is 1. The first-order valence-corrected chi connectivity index (χ1v) is 9.08. The van der Waals surface area contributed by atoms with Crippen molar-refractivity contribution < 1.29 is 0 Å². The maximum Gasteiger partial charge on any atom is 0.0190 e. The van der Waals surface area contributed by atoms with Crippen molar-refractivity contribution in [2.75, 3.05) is 20.6 Å². The van der Waals surface area contributed by atoms with Crippen molar-refractivity contribution in [3.63, 3.8) is 0 Å². The Kier molecular flexibility index (Phi) is 6.35. The monoisotopic (exact) mass is 280 g/mol. The lowest BCUT2D eigenvalue weighted by Crippen LogP contribution is -2.48. The van der Waals surface area contributed by atoms with Crippen LogP contribution in [-0.2, 0) is 0 Å². The zero-order valence-electron chi connectivity index (χ0n) is 14.1. The highest BCUT2D eigenvalue weighted by molar-refractivity contribution is 4.91. The second-order valence-electron chi connectivity index (χ2n) is 7.40. The van der Waals surface area contributed by atoms with E-state index in [9.17, 15) is 0 Å². The number of rotatable bonds is 6. The van der Waals surface area contributed by atoms with Gasteiger partial charge in [0.1, 0.15) is 0 Å². The molecule has 0 aromatic heterocycles. The second kappa shape index (κ2) is 7.79. The average Bonchev–Trinajstić information content (AvgIpc) is 2.53. The molecule has 0 aliphatic heterocycles. The molecule has 118 valence electrons. The molecule has 2 rings (SSSR count). The molecule has 0 radical (unpaired) electrons. The van der Waals surface area contributed by atoms with Gasteiger partial charge in [-0.15, -0.1) is 0 Å². The van der Waals surface area contributed by atoms with Gasteiger partial charge >= 0.3 is 0 Å². The standard InChI is InChI=1S/C18H36N2/c1-4-16-8-10-17(11-9-16)20(3)15-14-18(19-2)12-6-5-7-13-18/h16-17,19H,4-15H2,1-3H3. The van der Waals surface area contributed by atoms with E-state index in [-0.39, 0.29) is 0 Å². The van der Waals surface area contributed by atoms with E-state index < -0.39 is 0 Å². The minimum Gasteiger partial charge on any atom is -0.314 e. The van der Waals surface area contributed by atoms with E-state index in [0.717, 1.165) is 12.0 Å². The molecule has 0 spiro atoms. The third-order valence-electron chi connectivity index (χ3n) is 6.30. The van der Waals surface area contributed by atoms with Crippen LogP contribution in [0, 0.1) is 5.92 Å². The Morgan fingerprint density at radius 2 is 1.70 bits per heavy atom. The third kappa shape index (κ3) is 4.21. The van der Waals surface area contributed by atoms with Gasteiger partial charge in [0.2, 0.25) is 0 Å². The minimum absolute atomic E-state index is 0.452. The van der Waals surface area contributed by atoms with Crippen molar-refractivity contribution in [2.45, 2.75) is 89.1 Å². The summed E-state index contributed by atoms with van der Waals surface area (Å²) in [6.07, 6.45) is 15.6. The normalized spacial score (nSPS) is 30.6. The van der Waals surface area contributed by atoms with Crippen molar-refractivity contribution in [3.8, 4) is 0 Å². The fourth-order valence-corrected chi connectivity index (χ4v) is 4.42. The van der Waals surface area contributed by atoms with Gasteiger partial charge in [0.25, 0.3) is 0 Å². The van der Waals surface area contributed by atoms with E-state index in [1.54, 1.807) is 0 Å². The molecule has 0 aromatic rings. The Bertz CT molecular complexity index is 263. The summed E-state index contributed by atoms with van der Waals surface area (Å²) < 4.78 is 0. The quantitative estimate of drug-likeness (QED) is 0.784. The lowest BCUT2D eigenvalue weighted by molar-refractivity contribution is 0.135. The fourth-order valence-electron chi connectivity index (χ4n) is 4.42. The van der Waals surface area contributed by atoms with E-state index in [4.69, 9.17) is 0 Å². The highest BCUT2D eigenvalue weighted by Gasteiger charge is 2.31. The molecule has 2 nitrogen and oxygen atoms in total. The molecule has 2 saturated carbocycles. The zero-order chi connectivity index (χ0) is 14.4. The molecule has 0 amide bonds. The summed E-state index contributed by atoms with van der Waals surface area (Å²) in [5.74, 6) is 1.02. The highest BCUT2D eigenvalue weighted by Crippen LogP contribution is 2.32. The van der Waals surface area contributed by atoms with E-state index in [2.05, 4.69) is 31.2 Å². The van der Waals surface area contributed by atoms with Crippen LogP contribution in [0.15, 0.2) is 0 Å². The summed E-state index contributed by atoms with van der Waals surface area (Å²) in [6.45, 7) is 3.64. The van der Waals surface area contributed by atoms with Crippen LogP contribution in [0.25, 0.3) is 0 Å². The summed E-state index contributed by atoms with van der Waals surface area (Å²) in [4.78, 5) is 2.67. The van der Waals surface area contributed by atoms with Crippen LogP contribution in [0.5, 0.6) is 0 Å². The Morgan fingerprint density at radius 1 is 1.05 bits per heavy atom. The molecule has 0 heterocycles. The minimum atomic E-state index is 0.452. The molecule has 20 heavy (non-hydrogen) atoms. The summed E-state index contributed by atoms with van der Waals surface area (Å²) >= 11 is 0. The van der Waals surface area contributed by atoms with Gasteiger partial charge in [0.15, 0.2) is 0 Å². The first-order valence-electron chi connectivity index (χ1n) is 9.08. The smallest absolute Gasteiger partial charge is 0.0190 e. The Morgan fingerprint density at radius 3 is 2.25 bits per heavy atom. The number of nitrogens with zero attached hydrogens (tertiary/aromatic N) is 1. The first kappa shape index (κ1) is 16.3. The van der Waals surface area contributed by atoms with Gasteiger partial charge in [0, 0.05) is 11.6 Å². The predicted molar refractivity (Wildman–Crippen MR) is 88.2 cm³/mol. The van der Waals surface area contributed by atoms with Gasteiger partial charge < -0.3 is 10.2 Å². The van der Waals surface area contributed by atoms with Crippen LogP contribution >= 0.6 is 0 Å². The van der Waals surface area contributed by atoms with Crippen LogP contribution in [0.2, 0.25) is 0 Å². The Hall–Kier alpha value is -0.0800. The van der Waals surface area contributed by atoms with Crippen LogP contribution in [-0.4, -0.2) is 37.1 Å². The van der Waals surface area contributed by atoms with E-state index >= 15 is 0 Å². The Balaban J connectivity index is 1.75. The Labute approximate surface area is 126 Å². The molecule has 2 aliphatic rings. The lowest BCUT2D eigenvalue weighted by Gasteiger charge is -2.40. The average molecular weight is 280 g/mol. The molecule has 0 aromatic carbocycles. The van der Waals surface area contributed by atoms with Crippen molar-refractivity contribution >= 4 is 0 Å². The third-order valence-corrected chi connectivity index (χ3v) is 6.30. The van der Waals surface area contributed by atoms with Gasteiger partial charge in [-0.25, -0.2) is 0 Å². The molecule has 2 fully saturated rings. The van der Waals surface area contributed by atoms with Gasteiger partial charge in [-0.1, -0.05) is 32.6 Å². The maximum absolute atomic E-state index is 3.67. The first-order chi connectivity index (χ1) is 9.69. The number of hydrogen-bond acceptors (Lipinski definition) is 2. The van der Waals surface area contributed by atoms with Crippen LogP contribution in [0.3, 0.4) is 0 Å². The van der Waals surface area contributed by atoms with Crippen molar-refractivity contribution in [1.82, 2.24) is 10.2 Å². The molecule has 1 N–H and O–H groups in total. The summed E-state index contributed by atoms with van der Waals surface area (Å²) in [7, 11) is 4.54. The molecule has 0 unspecified atom stereocenters. The molecule has 2 aliphatic carbocycles. The van der Waals surface area contributed by atoms with Crippen molar-refractivity contribution in [2.24, 2.45) is 5.92 Å². The van der Waals surface area contributed by atoms with Crippen LogP contribution < -0.4 is 5.32 Å². The summed E-state index contributed by atoms with van der Waals surface area (Å²) in [5.41, 5.74) is 0.452.